The second kappa shape index (κ2) is 7.52. The smallest absolute Gasteiger partial charge is 0.351 e. The highest BCUT2D eigenvalue weighted by molar-refractivity contribution is 9.10. The van der Waals surface area contributed by atoms with Crippen molar-refractivity contribution in [1.82, 2.24) is 24.9 Å². The molecule has 0 saturated carbocycles. The molecule has 0 aromatic carbocycles. The van der Waals surface area contributed by atoms with Crippen molar-refractivity contribution in [3.05, 3.63) is 33.3 Å². The Bertz CT molecular complexity index is 838. The van der Waals surface area contributed by atoms with Crippen molar-refractivity contribution in [3.63, 3.8) is 0 Å². The number of aromatic nitrogens is 4. The van der Waals surface area contributed by atoms with E-state index < -0.39 is 34.1 Å². The van der Waals surface area contributed by atoms with Crippen molar-refractivity contribution in [2.24, 2.45) is 7.05 Å². The number of halogens is 7. The molecule has 0 aliphatic heterocycles. The van der Waals surface area contributed by atoms with Gasteiger partial charge in [-0.3, -0.25) is 14.2 Å². The number of nitrogens with zero attached hydrogens (tertiary/aromatic N) is 4. The van der Waals surface area contributed by atoms with Crippen LogP contribution in [0, 0.1) is 6.92 Å². The van der Waals surface area contributed by atoms with Gasteiger partial charge in [0.1, 0.15) is 5.69 Å². The maximum Gasteiger partial charge on any atom is 0.436 e. The molecule has 0 spiro atoms. The number of aryl methyl sites for hydroxylation is 3. The number of carbonyl (C=O) groups excluding carboxylic acids is 1. The van der Waals surface area contributed by atoms with E-state index >= 15 is 0 Å². The molecule has 1 amide bonds. The van der Waals surface area contributed by atoms with Gasteiger partial charge >= 0.3 is 12.4 Å². The molecule has 2 aromatic heterocycles. The molecule has 0 fully saturated rings. The van der Waals surface area contributed by atoms with Gasteiger partial charge in [0.2, 0.25) is 0 Å². The highest BCUT2D eigenvalue weighted by Gasteiger charge is 2.39. The topological polar surface area (TPSA) is 64.7 Å². The summed E-state index contributed by atoms with van der Waals surface area (Å²) in [7, 11) is 1.20. The summed E-state index contributed by atoms with van der Waals surface area (Å²) in [6, 6.07) is 0.907. The molecule has 0 bridgehead atoms. The molecular formula is C14H14BrF6N5O. The molecule has 0 atom stereocenters. The number of alkyl halides is 6. The monoisotopic (exact) mass is 461 g/mol. The van der Waals surface area contributed by atoms with E-state index in [-0.39, 0.29) is 25.2 Å². The predicted octanol–water partition coefficient (Wildman–Crippen LogP) is 3.55. The lowest BCUT2D eigenvalue weighted by Crippen LogP contribution is -2.27. The van der Waals surface area contributed by atoms with Crippen LogP contribution in [0.3, 0.4) is 0 Å². The zero-order valence-electron chi connectivity index (χ0n) is 14.0. The van der Waals surface area contributed by atoms with Gasteiger partial charge in [-0.2, -0.15) is 36.5 Å². The van der Waals surface area contributed by atoms with Gasteiger partial charge in [0, 0.05) is 25.8 Å². The van der Waals surface area contributed by atoms with E-state index in [0.29, 0.717) is 5.69 Å². The zero-order valence-corrected chi connectivity index (χ0v) is 15.6. The van der Waals surface area contributed by atoms with Crippen LogP contribution in [0.25, 0.3) is 0 Å². The first kappa shape index (κ1) is 21.3. The lowest BCUT2D eigenvalue weighted by Gasteiger charge is -2.07. The number of hydrogen-bond donors (Lipinski definition) is 1. The van der Waals surface area contributed by atoms with Crippen LogP contribution in [0.4, 0.5) is 26.3 Å². The van der Waals surface area contributed by atoms with E-state index in [1.54, 1.807) is 0 Å². The quantitative estimate of drug-likeness (QED) is 0.547. The predicted molar refractivity (Wildman–Crippen MR) is 84.8 cm³/mol. The standard InChI is InChI=1S/C14H14BrF6N5O/c1-7-6-8(13(16,17)18)23-26(7)5-3-4-22-12(27)10-9(15)11(14(19,20)21)24-25(10)2/h6H,3-5H2,1-2H3,(H,22,27). The number of nitrogens with one attached hydrogen (secondary N) is 1. The van der Waals surface area contributed by atoms with Gasteiger partial charge < -0.3 is 5.32 Å². The van der Waals surface area contributed by atoms with Gasteiger partial charge in [0.05, 0.1) is 4.47 Å². The summed E-state index contributed by atoms with van der Waals surface area (Å²) in [5.74, 6) is -0.791. The molecule has 150 valence electrons. The Morgan fingerprint density at radius 3 is 2.30 bits per heavy atom. The van der Waals surface area contributed by atoms with Gasteiger partial charge in [-0.25, -0.2) is 0 Å². The fourth-order valence-electron chi connectivity index (χ4n) is 2.32. The van der Waals surface area contributed by atoms with Crippen LogP contribution in [-0.2, 0) is 25.9 Å². The Kier molecular flexibility index (Phi) is 5.92. The third-order valence-corrected chi connectivity index (χ3v) is 4.33. The molecule has 6 nitrogen and oxygen atoms in total. The molecule has 13 heteroatoms. The normalized spacial score (nSPS) is 12.5. The Labute approximate surface area is 157 Å². The summed E-state index contributed by atoms with van der Waals surface area (Å²) in [4.78, 5) is 12.1. The van der Waals surface area contributed by atoms with Crippen molar-refractivity contribution < 1.29 is 31.1 Å². The molecule has 0 aliphatic rings. The maximum absolute atomic E-state index is 12.8. The summed E-state index contributed by atoms with van der Waals surface area (Å²) in [6.45, 7) is 1.59. The highest BCUT2D eigenvalue weighted by atomic mass is 79.9. The van der Waals surface area contributed by atoms with E-state index in [4.69, 9.17) is 0 Å². The van der Waals surface area contributed by atoms with Crippen LogP contribution in [0.5, 0.6) is 0 Å². The first-order chi connectivity index (χ1) is 12.3. The van der Waals surface area contributed by atoms with Crippen molar-refractivity contribution in [2.75, 3.05) is 6.54 Å². The number of rotatable bonds is 5. The molecule has 2 aromatic rings. The Balaban J connectivity index is 1.96. The molecule has 0 radical (unpaired) electrons. The van der Waals surface area contributed by atoms with E-state index in [0.717, 1.165) is 15.4 Å². The Hall–Kier alpha value is -2.05. The van der Waals surface area contributed by atoms with Gasteiger partial charge in [0.25, 0.3) is 5.91 Å². The zero-order chi connectivity index (χ0) is 20.6. The third kappa shape index (κ3) is 4.82. The van der Waals surface area contributed by atoms with Crippen LogP contribution in [0.15, 0.2) is 10.5 Å². The maximum atomic E-state index is 12.8. The largest absolute Gasteiger partial charge is 0.436 e. The summed E-state index contributed by atoms with van der Waals surface area (Å²) < 4.78 is 77.7. The SMILES string of the molecule is Cc1cc(C(F)(F)F)nn1CCCNC(=O)c1c(Br)c(C(F)(F)F)nn1C. The van der Waals surface area contributed by atoms with Gasteiger partial charge in [0.15, 0.2) is 11.4 Å². The fraction of sp³-hybridized carbons (Fsp3) is 0.500. The summed E-state index contributed by atoms with van der Waals surface area (Å²) in [5, 5.41) is 9.14. The summed E-state index contributed by atoms with van der Waals surface area (Å²) in [6.07, 6.45) is -9.04. The third-order valence-electron chi connectivity index (χ3n) is 3.58. The first-order valence-electron chi connectivity index (χ1n) is 7.52. The van der Waals surface area contributed by atoms with Crippen LogP contribution in [0.1, 0.15) is 34.0 Å². The van der Waals surface area contributed by atoms with Gasteiger partial charge in [-0.05, 0) is 35.3 Å². The van der Waals surface area contributed by atoms with E-state index in [2.05, 4.69) is 31.4 Å². The van der Waals surface area contributed by atoms with Crippen LogP contribution < -0.4 is 5.32 Å². The molecule has 0 saturated heterocycles. The second-order valence-corrected chi connectivity index (χ2v) is 6.43. The minimum Gasteiger partial charge on any atom is -0.351 e. The minimum absolute atomic E-state index is 0.0262. The van der Waals surface area contributed by atoms with E-state index in [9.17, 15) is 31.1 Å². The van der Waals surface area contributed by atoms with Crippen LogP contribution >= 0.6 is 15.9 Å². The number of amides is 1. The van der Waals surface area contributed by atoms with E-state index in [1.807, 2.05) is 0 Å². The number of hydrogen-bond acceptors (Lipinski definition) is 3. The molecule has 2 rings (SSSR count). The average molecular weight is 462 g/mol. The van der Waals surface area contributed by atoms with Crippen LogP contribution in [-0.4, -0.2) is 32.0 Å². The summed E-state index contributed by atoms with van der Waals surface area (Å²) >= 11 is 2.73. The van der Waals surface area contributed by atoms with Gasteiger partial charge in [-0.15, -0.1) is 0 Å². The van der Waals surface area contributed by atoms with E-state index in [1.165, 1.54) is 14.0 Å². The van der Waals surface area contributed by atoms with Gasteiger partial charge in [-0.1, -0.05) is 0 Å². The Morgan fingerprint density at radius 2 is 1.81 bits per heavy atom. The number of carbonyl (C=O) groups is 1. The Morgan fingerprint density at radius 1 is 1.19 bits per heavy atom. The molecule has 1 N–H and O–H groups in total. The van der Waals surface area contributed by atoms with Crippen molar-refractivity contribution in [2.45, 2.75) is 32.2 Å². The second-order valence-electron chi connectivity index (χ2n) is 5.63. The first-order valence-corrected chi connectivity index (χ1v) is 8.31. The highest BCUT2D eigenvalue weighted by Crippen LogP contribution is 2.35. The average Bonchev–Trinajstić information content (AvgIpc) is 3.03. The summed E-state index contributed by atoms with van der Waals surface area (Å²) in [5.41, 5.74) is -2.24. The lowest BCUT2D eigenvalue weighted by atomic mass is 10.3. The van der Waals surface area contributed by atoms with Crippen molar-refractivity contribution in [3.8, 4) is 0 Å². The molecule has 0 unspecified atom stereocenters. The van der Waals surface area contributed by atoms with Crippen LogP contribution in [0.2, 0.25) is 0 Å². The van der Waals surface area contributed by atoms with Crippen molar-refractivity contribution in [1.29, 1.82) is 0 Å². The molecule has 27 heavy (non-hydrogen) atoms. The molecule has 2 heterocycles. The lowest BCUT2D eigenvalue weighted by molar-refractivity contribution is -0.142. The fourth-order valence-corrected chi connectivity index (χ4v) is 3.06. The molecular weight excluding hydrogens is 448 g/mol. The minimum atomic E-state index is -4.72. The van der Waals surface area contributed by atoms with Crippen molar-refractivity contribution >= 4 is 21.8 Å². The molecule has 0 aliphatic carbocycles.